The van der Waals surface area contributed by atoms with Crippen LogP contribution in [0.25, 0.3) is 0 Å². The Kier molecular flexibility index (Phi) is 4.66. The lowest BCUT2D eigenvalue weighted by molar-refractivity contribution is 0.0240. The number of halogens is 1. The molecule has 0 aliphatic carbocycles. The Morgan fingerprint density at radius 3 is 2.72 bits per heavy atom. The minimum absolute atomic E-state index is 0.387. The van der Waals surface area contributed by atoms with E-state index in [1.54, 1.807) is 0 Å². The lowest BCUT2D eigenvalue weighted by atomic mass is 9.82. The summed E-state index contributed by atoms with van der Waals surface area (Å²) in [6.07, 6.45) is 2.30. The lowest BCUT2D eigenvalue weighted by Gasteiger charge is -2.33. The number of hydrogen-bond donors (Lipinski definition) is 1. The Bertz CT molecular complexity index is 399. The second kappa shape index (κ2) is 6.05. The van der Waals surface area contributed by atoms with Crippen molar-refractivity contribution in [2.75, 3.05) is 19.8 Å². The van der Waals surface area contributed by atoms with E-state index in [-0.39, 0.29) is 0 Å². The fourth-order valence-corrected chi connectivity index (χ4v) is 2.62. The standard InChI is InChI=1S/C15H22ClNO/c1-12-9-14(16)4-3-13(12)10-17-11-15(2)5-7-18-8-6-15/h3-4,9,17H,5-8,10-11H2,1-2H3. The van der Waals surface area contributed by atoms with Crippen LogP contribution in [0.2, 0.25) is 5.02 Å². The third-order valence-corrected chi connectivity index (χ3v) is 4.11. The van der Waals surface area contributed by atoms with Gasteiger partial charge in [0.25, 0.3) is 0 Å². The van der Waals surface area contributed by atoms with E-state index in [0.29, 0.717) is 5.41 Å². The maximum atomic E-state index is 5.96. The Hall–Kier alpha value is -0.570. The third kappa shape index (κ3) is 3.71. The minimum Gasteiger partial charge on any atom is -0.381 e. The maximum absolute atomic E-state index is 5.96. The average Bonchev–Trinajstić information content (AvgIpc) is 2.33. The van der Waals surface area contributed by atoms with Gasteiger partial charge in [-0.25, -0.2) is 0 Å². The predicted molar refractivity (Wildman–Crippen MR) is 76.1 cm³/mol. The Labute approximate surface area is 115 Å². The van der Waals surface area contributed by atoms with Gasteiger partial charge in [0.15, 0.2) is 0 Å². The summed E-state index contributed by atoms with van der Waals surface area (Å²) >= 11 is 5.96. The summed E-state index contributed by atoms with van der Waals surface area (Å²) in [6.45, 7) is 8.23. The van der Waals surface area contributed by atoms with Crippen LogP contribution in [0.5, 0.6) is 0 Å². The van der Waals surface area contributed by atoms with Crippen LogP contribution < -0.4 is 5.32 Å². The summed E-state index contributed by atoms with van der Waals surface area (Å²) in [6, 6.07) is 6.09. The first-order valence-electron chi connectivity index (χ1n) is 6.63. The highest BCUT2D eigenvalue weighted by atomic mass is 35.5. The van der Waals surface area contributed by atoms with Crippen LogP contribution in [-0.2, 0) is 11.3 Å². The number of nitrogens with one attached hydrogen (secondary N) is 1. The largest absolute Gasteiger partial charge is 0.381 e. The topological polar surface area (TPSA) is 21.3 Å². The van der Waals surface area contributed by atoms with E-state index in [1.807, 2.05) is 12.1 Å². The Balaban J connectivity index is 1.84. The van der Waals surface area contributed by atoms with Crippen LogP contribution in [0.15, 0.2) is 18.2 Å². The summed E-state index contributed by atoms with van der Waals surface area (Å²) in [5, 5.41) is 4.39. The van der Waals surface area contributed by atoms with Crippen LogP contribution in [0, 0.1) is 12.3 Å². The molecule has 1 saturated heterocycles. The normalized spacial score (nSPS) is 18.8. The molecule has 1 aliphatic heterocycles. The molecule has 0 atom stereocenters. The van der Waals surface area contributed by atoms with Crippen molar-refractivity contribution in [3.8, 4) is 0 Å². The summed E-state index contributed by atoms with van der Waals surface area (Å²) < 4.78 is 5.42. The van der Waals surface area contributed by atoms with Crippen molar-refractivity contribution in [1.82, 2.24) is 5.32 Å². The molecule has 0 saturated carbocycles. The van der Waals surface area contributed by atoms with Crippen LogP contribution in [0.3, 0.4) is 0 Å². The van der Waals surface area contributed by atoms with Crippen molar-refractivity contribution in [2.24, 2.45) is 5.41 Å². The van der Waals surface area contributed by atoms with Crippen molar-refractivity contribution in [3.05, 3.63) is 34.3 Å². The minimum atomic E-state index is 0.387. The summed E-state index contributed by atoms with van der Waals surface area (Å²) in [5.74, 6) is 0. The molecule has 100 valence electrons. The zero-order valence-corrected chi connectivity index (χ0v) is 12.0. The molecule has 1 aliphatic rings. The first kappa shape index (κ1) is 13.9. The number of benzene rings is 1. The van der Waals surface area contributed by atoms with Gasteiger partial charge in [0, 0.05) is 31.3 Å². The molecule has 1 heterocycles. The van der Waals surface area contributed by atoms with Gasteiger partial charge in [-0.2, -0.15) is 0 Å². The van der Waals surface area contributed by atoms with Gasteiger partial charge >= 0.3 is 0 Å². The average molecular weight is 268 g/mol. The van der Waals surface area contributed by atoms with Crippen LogP contribution in [0.4, 0.5) is 0 Å². The SMILES string of the molecule is Cc1cc(Cl)ccc1CNCC1(C)CCOCC1. The molecule has 3 heteroatoms. The number of hydrogen-bond acceptors (Lipinski definition) is 2. The van der Waals surface area contributed by atoms with E-state index in [4.69, 9.17) is 16.3 Å². The molecule has 0 amide bonds. The summed E-state index contributed by atoms with van der Waals surface area (Å²) in [5.41, 5.74) is 2.97. The van der Waals surface area contributed by atoms with Crippen molar-refractivity contribution in [3.63, 3.8) is 0 Å². The van der Waals surface area contributed by atoms with Gasteiger partial charge in [0.05, 0.1) is 0 Å². The van der Waals surface area contributed by atoms with E-state index in [2.05, 4.69) is 25.2 Å². The molecule has 1 N–H and O–H groups in total. The van der Waals surface area contributed by atoms with Crippen molar-refractivity contribution in [2.45, 2.75) is 33.2 Å². The van der Waals surface area contributed by atoms with Crippen molar-refractivity contribution in [1.29, 1.82) is 0 Å². The van der Waals surface area contributed by atoms with E-state index in [1.165, 1.54) is 11.1 Å². The van der Waals surface area contributed by atoms with Crippen molar-refractivity contribution < 1.29 is 4.74 Å². The fourth-order valence-electron chi connectivity index (χ4n) is 2.40. The highest BCUT2D eigenvalue weighted by Gasteiger charge is 2.26. The fraction of sp³-hybridized carbons (Fsp3) is 0.600. The van der Waals surface area contributed by atoms with Crippen molar-refractivity contribution >= 4 is 11.6 Å². The van der Waals surface area contributed by atoms with Gasteiger partial charge in [-0.15, -0.1) is 0 Å². The molecule has 0 unspecified atom stereocenters. The Morgan fingerprint density at radius 1 is 1.33 bits per heavy atom. The van der Waals surface area contributed by atoms with Gasteiger partial charge in [-0.3, -0.25) is 0 Å². The monoisotopic (exact) mass is 267 g/mol. The van der Waals surface area contributed by atoms with E-state index >= 15 is 0 Å². The van der Waals surface area contributed by atoms with E-state index < -0.39 is 0 Å². The van der Waals surface area contributed by atoms with Gasteiger partial charge in [-0.05, 0) is 48.4 Å². The Morgan fingerprint density at radius 2 is 2.06 bits per heavy atom. The molecular formula is C15H22ClNO. The molecule has 1 aromatic carbocycles. The van der Waals surface area contributed by atoms with Crippen LogP contribution >= 0.6 is 11.6 Å². The molecule has 1 fully saturated rings. The molecule has 0 aromatic heterocycles. The highest BCUT2D eigenvalue weighted by molar-refractivity contribution is 6.30. The van der Waals surface area contributed by atoms with Crippen LogP contribution in [0.1, 0.15) is 30.9 Å². The van der Waals surface area contributed by atoms with E-state index in [9.17, 15) is 0 Å². The zero-order valence-electron chi connectivity index (χ0n) is 11.3. The van der Waals surface area contributed by atoms with Crippen LogP contribution in [-0.4, -0.2) is 19.8 Å². The zero-order chi connectivity index (χ0) is 13.0. The highest BCUT2D eigenvalue weighted by Crippen LogP contribution is 2.28. The number of aryl methyl sites for hydroxylation is 1. The summed E-state index contributed by atoms with van der Waals surface area (Å²) in [4.78, 5) is 0. The first-order chi connectivity index (χ1) is 8.59. The molecule has 0 spiro atoms. The van der Waals surface area contributed by atoms with Gasteiger partial charge < -0.3 is 10.1 Å². The second-order valence-corrected chi connectivity index (χ2v) is 6.03. The molecule has 0 radical (unpaired) electrons. The van der Waals surface area contributed by atoms with Gasteiger partial charge in [0.1, 0.15) is 0 Å². The number of rotatable bonds is 4. The summed E-state index contributed by atoms with van der Waals surface area (Å²) in [7, 11) is 0. The lowest BCUT2D eigenvalue weighted by Crippen LogP contribution is -2.36. The first-order valence-corrected chi connectivity index (χ1v) is 7.00. The smallest absolute Gasteiger partial charge is 0.0471 e. The van der Waals surface area contributed by atoms with Gasteiger partial charge in [-0.1, -0.05) is 24.6 Å². The molecule has 0 bridgehead atoms. The molecule has 1 aromatic rings. The predicted octanol–water partition coefficient (Wildman–Crippen LogP) is 3.55. The third-order valence-electron chi connectivity index (χ3n) is 3.87. The number of ether oxygens (including phenoxy) is 1. The second-order valence-electron chi connectivity index (χ2n) is 5.60. The molecule has 18 heavy (non-hydrogen) atoms. The maximum Gasteiger partial charge on any atom is 0.0471 e. The molecular weight excluding hydrogens is 246 g/mol. The van der Waals surface area contributed by atoms with Gasteiger partial charge in [0.2, 0.25) is 0 Å². The van der Waals surface area contributed by atoms with E-state index in [0.717, 1.165) is 44.2 Å². The molecule has 2 rings (SSSR count). The molecule has 2 nitrogen and oxygen atoms in total. The quantitative estimate of drug-likeness (QED) is 0.901.